The third-order valence-corrected chi connectivity index (χ3v) is 3.43. The zero-order valence-corrected chi connectivity index (χ0v) is 8.76. The molecule has 1 aliphatic rings. The van der Waals surface area contributed by atoms with Crippen molar-refractivity contribution in [3.63, 3.8) is 0 Å². The summed E-state index contributed by atoms with van der Waals surface area (Å²) in [6.45, 7) is 3.96. The van der Waals surface area contributed by atoms with Gasteiger partial charge in [0.2, 0.25) is 0 Å². The van der Waals surface area contributed by atoms with Crippen LogP contribution in [0.1, 0.15) is 19.8 Å². The molecule has 0 radical (unpaired) electrons. The molecule has 2 atom stereocenters. The average molecular weight is 207 g/mol. The maximum Gasteiger partial charge on any atom is 0.144 e. The number of ether oxygens (including phenoxy) is 1. The van der Waals surface area contributed by atoms with Crippen LogP contribution in [-0.4, -0.2) is 39.5 Å². The molecule has 78 valence electrons. The van der Waals surface area contributed by atoms with E-state index in [0.717, 1.165) is 19.4 Å². The molecule has 0 saturated carbocycles. The van der Waals surface area contributed by atoms with Gasteiger partial charge in [0.05, 0.1) is 18.5 Å². The minimum absolute atomic E-state index is 0.00480. The maximum absolute atomic E-state index is 10.9. The SMILES string of the molecule is CCCC(C1COCCN1)[SH](=O)=O. The smallest absolute Gasteiger partial charge is 0.144 e. The molecule has 13 heavy (non-hydrogen) atoms. The Labute approximate surface area is 80.6 Å². The highest BCUT2D eigenvalue weighted by Crippen LogP contribution is 2.09. The summed E-state index contributed by atoms with van der Waals surface area (Å²) in [6.07, 6.45) is 1.62. The summed E-state index contributed by atoms with van der Waals surface area (Å²) >= 11 is 0. The first-order valence-corrected chi connectivity index (χ1v) is 5.95. The lowest BCUT2D eigenvalue weighted by atomic mass is 10.1. The van der Waals surface area contributed by atoms with Gasteiger partial charge in [-0.2, -0.15) is 0 Å². The van der Waals surface area contributed by atoms with Crippen molar-refractivity contribution in [2.24, 2.45) is 0 Å². The summed E-state index contributed by atoms with van der Waals surface area (Å²) in [7, 11) is -2.34. The molecule has 0 bridgehead atoms. The lowest BCUT2D eigenvalue weighted by Gasteiger charge is -2.27. The largest absolute Gasteiger partial charge is 0.378 e. The third-order valence-electron chi connectivity index (χ3n) is 2.27. The van der Waals surface area contributed by atoms with Gasteiger partial charge in [-0.1, -0.05) is 13.3 Å². The van der Waals surface area contributed by atoms with Crippen molar-refractivity contribution >= 4 is 10.7 Å². The van der Waals surface area contributed by atoms with Gasteiger partial charge in [-0.15, -0.1) is 0 Å². The van der Waals surface area contributed by atoms with E-state index in [0.29, 0.717) is 13.2 Å². The summed E-state index contributed by atoms with van der Waals surface area (Å²) in [4.78, 5) is 0. The number of hydrogen-bond donors (Lipinski definition) is 2. The van der Waals surface area contributed by atoms with Crippen LogP contribution in [0.2, 0.25) is 0 Å². The van der Waals surface area contributed by atoms with Crippen molar-refractivity contribution in [1.29, 1.82) is 0 Å². The number of morpholine rings is 1. The van der Waals surface area contributed by atoms with E-state index in [4.69, 9.17) is 4.74 Å². The summed E-state index contributed by atoms with van der Waals surface area (Å²) in [6, 6.07) is -0.00480. The first-order valence-electron chi connectivity index (χ1n) is 4.70. The normalized spacial score (nSPS) is 26.2. The summed E-state index contributed by atoms with van der Waals surface area (Å²) in [5.41, 5.74) is 0. The van der Waals surface area contributed by atoms with Crippen molar-refractivity contribution in [2.75, 3.05) is 19.8 Å². The maximum atomic E-state index is 10.9. The first kappa shape index (κ1) is 10.9. The Bertz CT molecular complexity index is 203. The molecule has 5 heteroatoms. The minimum Gasteiger partial charge on any atom is -0.378 e. The molecule has 0 aromatic carbocycles. The highest BCUT2D eigenvalue weighted by molar-refractivity contribution is 7.73. The zero-order valence-electron chi connectivity index (χ0n) is 7.86. The van der Waals surface area contributed by atoms with Crippen LogP contribution in [0.15, 0.2) is 0 Å². The average Bonchev–Trinajstić information content (AvgIpc) is 2.15. The van der Waals surface area contributed by atoms with Crippen LogP contribution in [0, 0.1) is 0 Å². The van der Waals surface area contributed by atoms with Crippen LogP contribution in [-0.2, 0) is 15.4 Å². The number of hydrogen-bond acceptors (Lipinski definition) is 4. The van der Waals surface area contributed by atoms with E-state index in [1.807, 2.05) is 6.92 Å². The molecule has 1 fully saturated rings. The summed E-state index contributed by atoms with van der Waals surface area (Å²) < 4.78 is 27.1. The van der Waals surface area contributed by atoms with Crippen molar-refractivity contribution in [1.82, 2.24) is 5.32 Å². The Morgan fingerprint density at radius 1 is 1.62 bits per heavy atom. The van der Waals surface area contributed by atoms with Gasteiger partial charge in [0.15, 0.2) is 0 Å². The van der Waals surface area contributed by atoms with E-state index < -0.39 is 10.7 Å². The van der Waals surface area contributed by atoms with Crippen LogP contribution >= 0.6 is 0 Å². The molecule has 1 aliphatic heterocycles. The van der Waals surface area contributed by atoms with E-state index in [-0.39, 0.29) is 11.3 Å². The third kappa shape index (κ3) is 3.25. The van der Waals surface area contributed by atoms with Gasteiger partial charge in [-0.25, -0.2) is 8.42 Å². The molecule has 0 amide bonds. The van der Waals surface area contributed by atoms with Gasteiger partial charge >= 0.3 is 0 Å². The quantitative estimate of drug-likeness (QED) is 0.624. The Kier molecular flexibility index (Phi) is 4.69. The fraction of sp³-hybridized carbons (Fsp3) is 1.00. The lowest BCUT2D eigenvalue weighted by Crippen LogP contribution is -2.49. The fourth-order valence-electron chi connectivity index (χ4n) is 1.58. The van der Waals surface area contributed by atoms with Crippen molar-refractivity contribution in [2.45, 2.75) is 31.1 Å². The van der Waals surface area contributed by atoms with E-state index >= 15 is 0 Å². The predicted molar refractivity (Wildman–Crippen MR) is 51.6 cm³/mol. The molecule has 0 aliphatic carbocycles. The van der Waals surface area contributed by atoms with Crippen LogP contribution in [0.3, 0.4) is 0 Å². The van der Waals surface area contributed by atoms with Gasteiger partial charge in [0.1, 0.15) is 10.7 Å². The Morgan fingerprint density at radius 3 is 2.85 bits per heavy atom. The van der Waals surface area contributed by atoms with Crippen molar-refractivity contribution in [3.05, 3.63) is 0 Å². The molecular weight excluding hydrogens is 190 g/mol. The highest BCUT2D eigenvalue weighted by Gasteiger charge is 2.25. The van der Waals surface area contributed by atoms with E-state index in [9.17, 15) is 8.42 Å². The van der Waals surface area contributed by atoms with Gasteiger partial charge in [0, 0.05) is 12.6 Å². The zero-order chi connectivity index (χ0) is 9.68. The van der Waals surface area contributed by atoms with E-state index in [1.54, 1.807) is 0 Å². The second-order valence-electron chi connectivity index (χ2n) is 3.28. The monoisotopic (exact) mass is 207 g/mol. The molecule has 1 N–H and O–H groups in total. The highest BCUT2D eigenvalue weighted by atomic mass is 32.2. The molecule has 0 spiro atoms. The van der Waals surface area contributed by atoms with E-state index in [2.05, 4.69) is 5.32 Å². The standard InChI is InChI=1S/C8H17NO3S/c1-2-3-8(13(10)11)7-6-12-5-4-9-7/h7-9,13H,2-6H2,1H3. The molecule has 2 unspecified atom stereocenters. The van der Waals surface area contributed by atoms with Gasteiger partial charge in [0.25, 0.3) is 0 Å². The van der Waals surface area contributed by atoms with Crippen LogP contribution in [0.4, 0.5) is 0 Å². The second-order valence-corrected chi connectivity index (χ2v) is 4.51. The predicted octanol–water partition coefficient (Wildman–Crippen LogP) is -0.245. The van der Waals surface area contributed by atoms with Gasteiger partial charge in [-0.3, -0.25) is 0 Å². The molecule has 0 aromatic heterocycles. The Hall–Kier alpha value is -0.130. The minimum atomic E-state index is -2.34. The Morgan fingerprint density at radius 2 is 2.38 bits per heavy atom. The van der Waals surface area contributed by atoms with Crippen LogP contribution in [0.25, 0.3) is 0 Å². The summed E-state index contributed by atoms with van der Waals surface area (Å²) in [5.74, 6) is 0. The van der Waals surface area contributed by atoms with Gasteiger partial charge < -0.3 is 10.1 Å². The van der Waals surface area contributed by atoms with E-state index in [1.165, 1.54) is 0 Å². The van der Waals surface area contributed by atoms with Gasteiger partial charge in [-0.05, 0) is 6.42 Å². The van der Waals surface area contributed by atoms with Crippen LogP contribution in [0.5, 0.6) is 0 Å². The van der Waals surface area contributed by atoms with Crippen molar-refractivity contribution < 1.29 is 13.2 Å². The van der Waals surface area contributed by atoms with Crippen LogP contribution < -0.4 is 5.32 Å². The number of nitrogens with one attached hydrogen (secondary N) is 1. The molecule has 1 rings (SSSR count). The Balaban J connectivity index is 2.51. The molecular formula is C8H17NO3S. The molecule has 1 saturated heterocycles. The second kappa shape index (κ2) is 5.57. The number of thiol groups is 1. The molecule has 1 heterocycles. The van der Waals surface area contributed by atoms with Crippen molar-refractivity contribution in [3.8, 4) is 0 Å². The molecule has 4 nitrogen and oxygen atoms in total. The summed E-state index contributed by atoms with van der Waals surface area (Å²) in [5, 5.41) is 2.91. The fourth-order valence-corrected chi connectivity index (χ4v) is 2.54. The first-order chi connectivity index (χ1) is 6.25. The lowest BCUT2D eigenvalue weighted by molar-refractivity contribution is 0.0748. The number of rotatable bonds is 4. The molecule has 0 aromatic rings. The topological polar surface area (TPSA) is 55.4 Å².